The molecule has 0 aliphatic carbocycles. The van der Waals surface area contributed by atoms with Crippen molar-refractivity contribution in [3.63, 3.8) is 0 Å². The lowest BCUT2D eigenvalue weighted by Crippen LogP contribution is -2.68. The molecule has 0 N–H and O–H groups in total. The number of aryl methyl sites for hydroxylation is 1. The van der Waals surface area contributed by atoms with Crippen LogP contribution in [0.15, 0.2) is 53.6 Å². The predicted molar refractivity (Wildman–Crippen MR) is 69.3 cm³/mol. The third kappa shape index (κ3) is 3.95. The van der Waals surface area contributed by atoms with Crippen molar-refractivity contribution in [1.29, 1.82) is 0 Å². The third-order valence-electron chi connectivity index (χ3n) is 3.30. The van der Waals surface area contributed by atoms with Gasteiger partial charge in [0.25, 0.3) is 5.82 Å². The van der Waals surface area contributed by atoms with Crippen LogP contribution in [-0.4, -0.2) is 9.35 Å². The molecule has 0 spiro atoms. The summed E-state index contributed by atoms with van der Waals surface area (Å²) in [6.07, 6.45) is 3.73. The zero-order valence-corrected chi connectivity index (χ0v) is 13.1. The van der Waals surface area contributed by atoms with Crippen LogP contribution in [-0.2, 0) is 7.05 Å². The smallest absolute Gasteiger partial charge is 0.238 e. The van der Waals surface area contributed by atoms with Crippen LogP contribution in [0.1, 0.15) is 5.82 Å². The molecule has 0 aliphatic heterocycles. The molecule has 1 aromatic carbocycles. The number of fused-ring (bicyclic) bond motifs is 1. The number of halogens is 1. The van der Waals surface area contributed by atoms with Gasteiger partial charge in [0.05, 0.1) is 7.05 Å². The van der Waals surface area contributed by atoms with E-state index in [-0.39, 0.29) is 5.56 Å². The summed E-state index contributed by atoms with van der Waals surface area (Å²) in [6, 6.07) is 11.5. The van der Waals surface area contributed by atoms with Crippen molar-refractivity contribution < 1.29 is 33.4 Å². The molecule has 0 aliphatic rings. The first-order chi connectivity index (χ1) is 10.7. The Labute approximate surface area is 133 Å². The Bertz CT molecular complexity index is 862. The first-order valence-electron chi connectivity index (χ1n) is 6.46. The summed E-state index contributed by atoms with van der Waals surface area (Å²) in [4.78, 5) is 12.5. The lowest BCUT2D eigenvalue weighted by Gasteiger charge is -2.17. The van der Waals surface area contributed by atoms with Gasteiger partial charge < -0.3 is 0 Å². The van der Waals surface area contributed by atoms with Gasteiger partial charge in [0.2, 0.25) is 0 Å². The van der Waals surface area contributed by atoms with Crippen molar-refractivity contribution in [2.24, 2.45) is 7.05 Å². The molecule has 8 nitrogen and oxygen atoms in total. The van der Waals surface area contributed by atoms with Gasteiger partial charge in [-0.15, -0.1) is 10.2 Å². The molecule has 23 heavy (non-hydrogen) atoms. The second kappa shape index (κ2) is 6.49. The van der Waals surface area contributed by atoms with Crippen LogP contribution in [0.3, 0.4) is 0 Å². The zero-order valence-electron chi connectivity index (χ0n) is 12.4. The molecule has 9 heteroatoms. The lowest BCUT2D eigenvalue weighted by atomic mass is 10.2. The topological polar surface area (TPSA) is 123 Å². The maximum Gasteiger partial charge on any atom is 0.369 e. The van der Waals surface area contributed by atoms with E-state index in [1.165, 1.54) is 0 Å². The van der Waals surface area contributed by atoms with E-state index in [9.17, 15) is 4.79 Å². The molecule has 3 aromatic rings. The van der Waals surface area contributed by atoms with Crippen molar-refractivity contribution in [3.05, 3.63) is 65.0 Å². The van der Waals surface area contributed by atoms with Gasteiger partial charge in [0, 0.05) is 19.3 Å². The average molecular weight is 340 g/mol. The highest BCUT2D eigenvalue weighted by Gasteiger charge is 2.18. The summed E-state index contributed by atoms with van der Waals surface area (Å²) in [5.74, 6) is 0.884. The summed E-state index contributed by atoms with van der Waals surface area (Å²) in [7, 11) is -2.98. The largest absolute Gasteiger partial charge is 0.369 e. The van der Waals surface area contributed by atoms with E-state index in [1.807, 2.05) is 67.3 Å². The van der Waals surface area contributed by atoms with Crippen LogP contribution < -0.4 is 28.8 Å². The Morgan fingerprint density at radius 3 is 2.09 bits per heavy atom. The van der Waals surface area contributed by atoms with Crippen molar-refractivity contribution in [2.75, 3.05) is 0 Å². The summed E-state index contributed by atoms with van der Waals surface area (Å²) in [5, 5.41) is 0.722. The SMILES string of the molecule is Cc1n(-n2cccc2)c(=O)c2ccccc2[n+]1C.[O-][Cl+3]([O-])([O-])[O-]. The van der Waals surface area contributed by atoms with Gasteiger partial charge in [-0.05, 0) is 24.3 Å². The van der Waals surface area contributed by atoms with Gasteiger partial charge in [0.15, 0.2) is 0 Å². The van der Waals surface area contributed by atoms with Gasteiger partial charge >= 0.3 is 5.56 Å². The van der Waals surface area contributed by atoms with E-state index < -0.39 is 10.2 Å². The standard InChI is InChI=1S/C14H14N3O.ClHO4/c1-11-15(2)13-8-4-3-7-12(13)14(18)17(11)16-9-5-6-10-16;2-1(3,4)5/h3-10H,1-2H3;(H,2,3,4,5)/q+1;/p-1. The molecule has 0 fully saturated rings. The highest BCUT2D eigenvalue weighted by Crippen LogP contribution is 2.05. The fraction of sp³-hybridized carbons (Fsp3) is 0.143. The van der Waals surface area contributed by atoms with Gasteiger partial charge in [-0.1, -0.05) is 16.8 Å². The van der Waals surface area contributed by atoms with Crippen LogP contribution >= 0.6 is 0 Å². The highest BCUT2D eigenvalue weighted by molar-refractivity contribution is 5.74. The Morgan fingerprint density at radius 2 is 1.52 bits per heavy atom. The molecule has 3 rings (SSSR count). The molecule has 0 radical (unpaired) electrons. The van der Waals surface area contributed by atoms with Crippen LogP contribution in [0, 0.1) is 17.2 Å². The number of para-hydroxylation sites is 1. The third-order valence-corrected chi connectivity index (χ3v) is 3.30. The maximum atomic E-state index is 12.5. The van der Waals surface area contributed by atoms with Crippen molar-refractivity contribution in [1.82, 2.24) is 9.35 Å². The fourth-order valence-corrected chi connectivity index (χ4v) is 2.26. The van der Waals surface area contributed by atoms with E-state index in [2.05, 4.69) is 0 Å². The Morgan fingerprint density at radius 1 is 1.00 bits per heavy atom. The lowest BCUT2D eigenvalue weighted by molar-refractivity contribution is -2.00. The van der Waals surface area contributed by atoms with Gasteiger partial charge in [0.1, 0.15) is 10.9 Å². The molecule has 122 valence electrons. The van der Waals surface area contributed by atoms with Gasteiger partial charge in [-0.3, -0.25) is 0 Å². The molecular formula is C14H14ClN3O5. The minimum Gasteiger partial charge on any atom is -0.238 e. The average Bonchev–Trinajstić information content (AvgIpc) is 2.97. The molecule has 2 heterocycles. The molecule has 2 aromatic heterocycles. The van der Waals surface area contributed by atoms with Gasteiger partial charge in [-0.25, -0.2) is 28.0 Å². The van der Waals surface area contributed by atoms with Crippen LogP contribution in [0.25, 0.3) is 10.9 Å². The van der Waals surface area contributed by atoms with Crippen molar-refractivity contribution >= 4 is 10.9 Å². The Balaban J connectivity index is 0.000000338. The number of rotatable bonds is 1. The number of benzene rings is 1. The van der Waals surface area contributed by atoms with E-state index >= 15 is 0 Å². The van der Waals surface area contributed by atoms with Crippen LogP contribution in [0.2, 0.25) is 0 Å². The second-order valence-corrected chi connectivity index (χ2v) is 5.44. The molecular weight excluding hydrogens is 326 g/mol. The normalized spacial score (nSPS) is 11.2. The minimum atomic E-state index is -4.94. The van der Waals surface area contributed by atoms with E-state index in [0.717, 1.165) is 16.7 Å². The summed E-state index contributed by atoms with van der Waals surface area (Å²) in [5.41, 5.74) is 0.945. The minimum absolute atomic E-state index is 0.00241. The quantitative estimate of drug-likeness (QED) is 0.425. The highest BCUT2D eigenvalue weighted by atomic mass is 35.7. The van der Waals surface area contributed by atoms with Crippen LogP contribution in [0.4, 0.5) is 0 Å². The van der Waals surface area contributed by atoms with E-state index in [0.29, 0.717) is 0 Å². The number of hydrogen-bond acceptors (Lipinski definition) is 5. The van der Waals surface area contributed by atoms with Crippen LogP contribution in [0.5, 0.6) is 0 Å². The fourth-order valence-electron chi connectivity index (χ4n) is 2.26. The molecule has 0 amide bonds. The first kappa shape index (κ1) is 17.1. The second-order valence-electron chi connectivity index (χ2n) is 4.68. The molecule has 0 bridgehead atoms. The van der Waals surface area contributed by atoms with Crippen molar-refractivity contribution in [3.8, 4) is 0 Å². The summed E-state index contributed by atoms with van der Waals surface area (Å²) >= 11 is 0. The number of aromatic nitrogens is 3. The molecule has 0 saturated carbocycles. The van der Waals surface area contributed by atoms with Gasteiger partial charge in [-0.2, -0.15) is 4.68 Å². The number of hydrogen-bond donors (Lipinski definition) is 0. The Hall–Kier alpha value is -2.23. The predicted octanol–water partition coefficient (Wildman–Crippen LogP) is -3.51. The summed E-state index contributed by atoms with van der Waals surface area (Å²) < 4.78 is 39.5. The van der Waals surface area contributed by atoms with E-state index in [4.69, 9.17) is 18.6 Å². The van der Waals surface area contributed by atoms with Crippen molar-refractivity contribution in [2.45, 2.75) is 6.92 Å². The summed E-state index contributed by atoms with van der Waals surface area (Å²) in [6.45, 7) is 1.94. The zero-order chi connectivity index (χ0) is 17.2. The molecule has 0 saturated heterocycles. The number of nitrogens with zero attached hydrogens (tertiary/aromatic N) is 3. The first-order valence-corrected chi connectivity index (χ1v) is 7.69. The Kier molecular flexibility index (Phi) is 4.83. The molecule has 0 atom stereocenters. The maximum absolute atomic E-state index is 12.5. The monoisotopic (exact) mass is 339 g/mol. The molecule has 0 unspecified atom stereocenters. The van der Waals surface area contributed by atoms with E-state index in [1.54, 1.807) is 9.35 Å².